The Hall–Kier alpha value is -0.580. The maximum absolute atomic E-state index is 10.9. The SMILES string of the molecule is CCS(=O)CCNC(=O)OC(C)C. The molecule has 13 heavy (non-hydrogen) atoms. The Labute approximate surface area is 81.5 Å². The summed E-state index contributed by atoms with van der Waals surface area (Å²) in [7, 11) is -0.826. The third-order valence-electron chi connectivity index (χ3n) is 1.26. The van der Waals surface area contributed by atoms with E-state index in [4.69, 9.17) is 4.74 Å². The molecule has 0 aliphatic carbocycles. The van der Waals surface area contributed by atoms with Gasteiger partial charge in [-0.15, -0.1) is 0 Å². The fourth-order valence-corrected chi connectivity index (χ4v) is 1.29. The molecule has 4 nitrogen and oxygen atoms in total. The zero-order valence-corrected chi connectivity index (χ0v) is 9.15. The summed E-state index contributed by atoms with van der Waals surface area (Å²) < 4.78 is 15.8. The number of nitrogens with one attached hydrogen (secondary N) is 1. The summed E-state index contributed by atoms with van der Waals surface area (Å²) in [5.74, 6) is 1.12. The van der Waals surface area contributed by atoms with Crippen LogP contribution in [0.25, 0.3) is 0 Å². The van der Waals surface area contributed by atoms with Gasteiger partial charge in [0.15, 0.2) is 0 Å². The molecule has 0 heterocycles. The van der Waals surface area contributed by atoms with E-state index < -0.39 is 16.9 Å². The van der Waals surface area contributed by atoms with Crippen LogP contribution < -0.4 is 5.32 Å². The summed E-state index contributed by atoms with van der Waals surface area (Å²) in [6, 6.07) is 0. The summed E-state index contributed by atoms with van der Waals surface area (Å²) >= 11 is 0. The van der Waals surface area contributed by atoms with E-state index in [9.17, 15) is 9.00 Å². The quantitative estimate of drug-likeness (QED) is 0.728. The van der Waals surface area contributed by atoms with E-state index in [0.717, 1.165) is 0 Å². The molecule has 0 aromatic carbocycles. The first-order chi connectivity index (χ1) is 6.06. The molecule has 0 aromatic heterocycles. The minimum atomic E-state index is -0.826. The number of carbonyl (C=O) groups excluding carboxylic acids is 1. The minimum Gasteiger partial charge on any atom is -0.447 e. The van der Waals surface area contributed by atoms with Crippen molar-refractivity contribution in [2.75, 3.05) is 18.1 Å². The lowest BCUT2D eigenvalue weighted by Crippen LogP contribution is -2.30. The summed E-state index contributed by atoms with van der Waals surface area (Å²) in [5, 5.41) is 2.52. The van der Waals surface area contributed by atoms with Gasteiger partial charge in [-0.3, -0.25) is 4.21 Å². The maximum atomic E-state index is 10.9. The van der Waals surface area contributed by atoms with Gasteiger partial charge in [0.25, 0.3) is 0 Å². The Morgan fingerprint density at radius 2 is 2.15 bits per heavy atom. The van der Waals surface area contributed by atoms with Crippen molar-refractivity contribution in [1.29, 1.82) is 0 Å². The van der Waals surface area contributed by atoms with Crippen molar-refractivity contribution in [1.82, 2.24) is 5.32 Å². The Bertz CT molecular complexity index is 182. The van der Waals surface area contributed by atoms with E-state index in [-0.39, 0.29) is 6.10 Å². The molecule has 0 bridgehead atoms. The Balaban J connectivity index is 3.42. The first kappa shape index (κ1) is 12.4. The highest BCUT2D eigenvalue weighted by molar-refractivity contribution is 7.84. The number of hydrogen-bond acceptors (Lipinski definition) is 3. The Kier molecular flexibility index (Phi) is 6.58. The summed E-state index contributed by atoms with van der Waals surface area (Å²) in [6.45, 7) is 5.82. The van der Waals surface area contributed by atoms with Gasteiger partial charge in [0.05, 0.1) is 6.10 Å². The van der Waals surface area contributed by atoms with Crippen molar-refractivity contribution in [2.24, 2.45) is 0 Å². The van der Waals surface area contributed by atoms with Gasteiger partial charge in [-0.25, -0.2) is 4.79 Å². The molecule has 0 aliphatic heterocycles. The van der Waals surface area contributed by atoms with Crippen molar-refractivity contribution in [3.05, 3.63) is 0 Å². The van der Waals surface area contributed by atoms with Gasteiger partial charge >= 0.3 is 6.09 Å². The summed E-state index contributed by atoms with van der Waals surface area (Å²) in [6.07, 6.45) is -0.556. The molecule has 1 unspecified atom stereocenters. The molecule has 1 N–H and O–H groups in total. The molecule has 78 valence electrons. The zero-order chi connectivity index (χ0) is 10.3. The minimum absolute atomic E-state index is 0.114. The molecule has 0 radical (unpaired) electrons. The molecular weight excluding hydrogens is 190 g/mol. The zero-order valence-electron chi connectivity index (χ0n) is 8.33. The lowest BCUT2D eigenvalue weighted by atomic mass is 10.5. The molecule has 0 spiro atoms. The van der Waals surface area contributed by atoms with Crippen LogP contribution in [0.15, 0.2) is 0 Å². The molecule has 0 rings (SSSR count). The molecule has 0 saturated heterocycles. The van der Waals surface area contributed by atoms with E-state index in [1.165, 1.54) is 0 Å². The number of ether oxygens (including phenoxy) is 1. The van der Waals surface area contributed by atoms with Gasteiger partial charge in [-0.1, -0.05) is 6.92 Å². The third kappa shape index (κ3) is 7.77. The first-order valence-corrected chi connectivity index (χ1v) is 5.84. The highest BCUT2D eigenvalue weighted by atomic mass is 32.2. The van der Waals surface area contributed by atoms with Crippen molar-refractivity contribution in [3.63, 3.8) is 0 Å². The number of rotatable bonds is 5. The van der Waals surface area contributed by atoms with E-state index in [1.54, 1.807) is 13.8 Å². The average molecular weight is 207 g/mol. The van der Waals surface area contributed by atoms with Crippen molar-refractivity contribution in [2.45, 2.75) is 26.9 Å². The third-order valence-corrected chi connectivity index (χ3v) is 2.57. The van der Waals surface area contributed by atoms with Crippen LogP contribution in [-0.2, 0) is 15.5 Å². The monoisotopic (exact) mass is 207 g/mol. The van der Waals surface area contributed by atoms with Gasteiger partial charge in [0.2, 0.25) is 0 Å². The molecule has 1 amide bonds. The van der Waals surface area contributed by atoms with Gasteiger partial charge in [0.1, 0.15) is 0 Å². The standard InChI is InChI=1S/C8H17NO3S/c1-4-13(11)6-5-9-8(10)12-7(2)3/h7H,4-6H2,1-3H3,(H,9,10). The van der Waals surface area contributed by atoms with E-state index in [0.29, 0.717) is 18.1 Å². The molecule has 0 saturated carbocycles. The van der Waals surface area contributed by atoms with E-state index in [2.05, 4.69) is 5.32 Å². The average Bonchev–Trinajstić information content (AvgIpc) is 2.02. The number of hydrogen-bond donors (Lipinski definition) is 1. The van der Waals surface area contributed by atoms with Crippen LogP contribution in [0.1, 0.15) is 20.8 Å². The number of carbonyl (C=O) groups is 1. The molecule has 1 atom stereocenters. The smallest absolute Gasteiger partial charge is 0.407 e. The fraction of sp³-hybridized carbons (Fsp3) is 0.875. The van der Waals surface area contributed by atoms with Gasteiger partial charge in [-0.2, -0.15) is 0 Å². The van der Waals surface area contributed by atoms with Crippen molar-refractivity contribution < 1.29 is 13.7 Å². The molecule has 5 heteroatoms. The second-order valence-corrected chi connectivity index (χ2v) is 4.68. The van der Waals surface area contributed by atoms with Crippen LogP contribution in [0.5, 0.6) is 0 Å². The number of amides is 1. The lowest BCUT2D eigenvalue weighted by molar-refractivity contribution is 0.116. The Morgan fingerprint density at radius 1 is 1.54 bits per heavy atom. The molecule has 0 fully saturated rings. The van der Waals surface area contributed by atoms with Gasteiger partial charge in [-0.05, 0) is 13.8 Å². The second kappa shape index (κ2) is 6.88. The summed E-state index contributed by atoms with van der Waals surface area (Å²) in [5.41, 5.74) is 0. The van der Waals surface area contributed by atoms with Gasteiger partial charge < -0.3 is 10.1 Å². The molecular formula is C8H17NO3S. The normalized spacial score (nSPS) is 12.6. The summed E-state index contributed by atoms with van der Waals surface area (Å²) in [4.78, 5) is 10.9. The second-order valence-electron chi connectivity index (χ2n) is 2.81. The van der Waals surface area contributed by atoms with Crippen LogP contribution in [0, 0.1) is 0 Å². The fourth-order valence-electron chi connectivity index (χ4n) is 0.667. The topological polar surface area (TPSA) is 55.4 Å². The van der Waals surface area contributed by atoms with Crippen molar-refractivity contribution >= 4 is 16.9 Å². The number of alkyl carbamates (subject to hydrolysis) is 1. The van der Waals surface area contributed by atoms with Crippen LogP contribution in [0.2, 0.25) is 0 Å². The van der Waals surface area contributed by atoms with E-state index in [1.807, 2.05) is 6.92 Å². The van der Waals surface area contributed by atoms with Gasteiger partial charge in [0, 0.05) is 28.9 Å². The largest absolute Gasteiger partial charge is 0.447 e. The predicted octanol–water partition coefficient (Wildman–Crippen LogP) is 0.890. The van der Waals surface area contributed by atoms with Crippen LogP contribution in [0.4, 0.5) is 4.79 Å². The Morgan fingerprint density at radius 3 is 2.62 bits per heavy atom. The van der Waals surface area contributed by atoms with Crippen LogP contribution in [0.3, 0.4) is 0 Å². The van der Waals surface area contributed by atoms with Crippen molar-refractivity contribution in [3.8, 4) is 0 Å². The van der Waals surface area contributed by atoms with Crippen LogP contribution >= 0.6 is 0 Å². The first-order valence-electron chi connectivity index (χ1n) is 4.35. The maximum Gasteiger partial charge on any atom is 0.407 e. The highest BCUT2D eigenvalue weighted by Crippen LogP contribution is 1.88. The van der Waals surface area contributed by atoms with Crippen LogP contribution in [-0.4, -0.2) is 34.5 Å². The predicted molar refractivity (Wildman–Crippen MR) is 53.2 cm³/mol. The lowest BCUT2D eigenvalue weighted by Gasteiger charge is -2.08. The highest BCUT2D eigenvalue weighted by Gasteiger charge is 2.04. The molecule has 0 aromatic rings. The van der Waals surface area contributed by atoms with E-state index >= 15 is 0 Å². The molecule has 0 aliphatic rings.